The normalized spacial score (nSPS) is 11.8. The zero-order valence-electron chi connectivity index (χ0n) is 8.18. The smallest absolute Gasteiger partial charge is 0.211 e. The fraction of sp³-hybridized carbons (Fsp3) is 0.714. The highest BCUT2D eigenvalue weighted by molar-refractivity contribution is 7.89. The molecule has 15 heavy (non-hydrogen) atoms. The van der Waals surface area contributed by atoms with E-state index in [4.69, 9.17) is 5.11 Å². The van der Waals surface area contributed by atoms with Crippen LogP contribution >= 0.6 is 0 Å². The lowest BCUT2D eigenvalue weighted by molar-refractivity contribution is 0.295. The molecule has 0 bridgehead atoms. The molecule has 8 heteroatoms. The molecule has 1 aromatic heterocycles. The van der Waals surface area contributed by atoms with Crippen LogP contribution in [0, 0.1) is 0 Å². The minimum absolute atomic E-state index is 0.0557. The predicted octanol–water partition coefficient (Wildman–Crippen LogP) is -1.35. The fourth-order valence-corrected chi connectivity index (χ4v) is 2.07. The molecule has 0 aliphatic carbocycles. The Hall–Kier alpha value is -0.990. The van der Waals surface area contributed by atoms with Crippen LogP contribution in [0.1, 0.15) is 12.2 Å². The summed E-state index contributed by atoms with van der Waals surface area (Å²) in [7, 11) is -3.27. The van der Waals surface area contributed by atoms with Gasteiger partial charge in [-0.3, -0.25) is 5.10 Å². The third kappa shape index (κ3) is 4.86. The van der Waals surface area contributed by atoms with Gasteiger partial charge in [-0.1, -0.05) is 0 Å². The third-order valence-electron chi connectivity index (χ3n) is 1.72. The maximum absolute atomic E-state index is 11.2. The molecule has 0 saturated heterocycles. The summed E-state index contributed by atoms with van der Waals surface area (Å²) in [4.78, 5) is 3.86. The molecule has 0 unspecified atom stereocenters. The zero-order valence-corrected chi connectivity index (χ0v) is 9.00. The molecule has 3 N–H and O–H groups in total. The first-order valence-corrected chi connectivity index (χ1v) is 6.22. The molecule has 86 valence electrons. The van der Waals surface area contributed by atoms with Crippen LogP contribution in [0.25, 0.3) is 0 Å². The summed E-state index contributed by atoms with van der Waals surface area (Å²) in [5.41, 5.74) is 0. The lowest BCUT2D eigenvalue weighted by Gasteiger charge is -2.03. The van der Waals surface area contributed by atoms with Gasteiger partial charge in [-0.2, -0.15) is 5.10 Å². The highest BCUT2D eigenvalue weighted by Crippen LogP contribution is 1.91. The largest absolute Gasteiger partial charge is 0.396 e. The standard InChI is InChI=1S/C7H14N4O3S/c12-4-1-5-15(13,14)10-3-2-7-8-6-9-11-7/h6,10,12H,1-5H2,(H,8,9,11). The van der Waals surface area contributed by atoms with E-state index in [0.29, 0.717) is 12.2 Å². The van der Waals surface area contributed by atoms with E-state index in [0.717, 1.165) is 0 Å². The molecule has 0 saturated carbocycles. The molecule has 0 aliphatic rings. The highest BCUT2D eigenvalue weighted by Gasteiger charge is 2.08. The van der Waals surface area contributed by atoms with Gasteiger partial charge < -0.3 is 5.11 Å². The maximum Gasteiger partial charge on any atom is 0.211 e. The second-order valence-corrected chi connectivity index (χ2v) is 4.90. The van der Waals surface area contributed by atoms with Gasteiger partial charge in [0.15, 0.2) is 0 Å². The van der Waals surface area contributed by atoms with Gasteiger partial charge >= 0.3 is 0 Å². The maximum atomic E-state index is 11.2. The van der Waals surface area contributed by atoms with Crippen LogP contribution in [0.5, 0.6) is 0 Å². The Labute approximate surface area is 88.0 Å². The zero-order chi connectivity index (χ0) is 11.1. The highest BCUT2D eigenvalue weighted by atomic mass is 32.2. The van der Waals surface area contributed by atoms with Gasteiger partial charge in [0, 0.05) is 19.6 Å². The lowest BCUT2D eigenvalue weighted by atomic mass is 10.4. The van der Waals surface area contributed by atoms with E-state index < -0.39 is 10.0 Å². The molecule has 7 nitrogen and oxygen atoms in total. The average molecular weight is 234 g/mol. The summed E-state index contributed by atoms with van der Waals surface area (Å²) >= 11 is 0. The first kappa shape index (κ1) is 12.1. The number of nitrogens with zero attached hydrogens (tertiary/aromatic N) is 2. The van der Waals surface area contributed by atoms with Crippen molar-refractivity contribution in [3.05, 3.63) is 12.2 Å². The monoisotopic (exact) mass is 234 g/mol. The van der Waals surface area contributed by atoms with Crippen molar-refractivity contribution in [3.63, 3.8) is 0 Å². The fourth-order valence-electron chi connectivity index (χ4n) is 1.00. The van der Waals surface area contributed by atoms with Gasteiger partial charge in [0.25, 0.3) is 0 Å². The van der Waals surface area contributed by atoms with E-state index in [1.807, 2.05) is 0 Å². The number of aromatic amines is 1. The summed E-state index contributed by atoms with van der Waals surface area (Å²) in [6.07, 6.45) is 2.09. The quantitative estimate of drug-likeness (QED) is 0.540. The summed E-state index contributed by atoms with van der Waals surface area (Å²) in [6.45, 7) is 0.159. The Morgan fingerprint density at radius 2 is 2.33 bits per heavy atom. The summed E-state index contributed by atoms with van der Waals surface area (Å²) in [5.74, 6) is 0.583. The lowest BCUT2D eigenvalue weighted by Crippen LogP contribution is -2.28. The van der Waals surface area contributed by atoms with Crippen LogP contribution in [-0.4, -0.2) is 47.6 Å². The Kier molecular flexibility index (Phi) is 4.66. The molecular formula is C7H14N4O3S. The van der Waals surface area contributed by atoms with Crippen molar-refractivity contribution in [2.24, 2.45) is 0 Å². The Morgan fingerprint density at radius 1 is 1.53 bits per heavy atom. The van der Waals surface area contributed by atoms with Gasteiger partial charge in [0.1, 0.15) is 12.2 Å². The summed E-state index contributed by atoms with van der Waals surface area (Å²) in [6, 6.07) is 0. The number of rotatable bonds is 7. The molecule has 0 aliphatic heterocycles. The minimum atomic E-state index is -3.27. The van der Waals surface area contributed by atoms with E-state index >= 15 is 0 Å². The van der Waals surface area contributed by atoms with Crippen LogP contribution in [-0.2, 0) is 16.4 Å². The first-order valence-electron chi connectivity index (χ1n) is 4.56. The van der Waals surface area contributed by atoms with E-state index in [1.54, 1.807) is 0 Å². The molecular weight excluding hydrogens is 220 g/mol. The van der Waals surface area contributed by atoms with Crippen molar-refractivity contribution in [3.8, 4) is 0 Å². The Bertz CT molecular complexity index is 362. The van der Waals surface area contributed by atoms with Gasteiger partial charge in [0.05, 0.1) is 5.75 Å². The average Bonchev–Trinajstić information content (AvgIpc) is 2.67. The van der Waals surface area contributed by atoms with E-state index in [-0.39, 0.29) is 25.3 Å². The predicted molar refractivity (Wildman–Crippen MR) is 53.6 cm³/mol. The van der Waals surface area contributed by atoms with Crippen LogP contribution in [0.4, 0.5) is 0 Å². The number of aliphatic hydroxyl groups is 1. The molecule has 1 rings (SSSR count). The van der Waals surface area contributed by atoms with Crippen molar-refractivity contribution in [2.45, 2.75) is 12.8 Å². The van der Waals surface area contributed by atoms with Crippen molar-refractivity contribution in [1.29, 1.82) is 0 Å². The SMILES string of the molecule is O=S(=O)(CCCO)NCCc1ncn[nH]1. The Morgan fingerprint density at radius 3 is 2.93 bits per heavy atom. The molecule has 0 atom stereocenters. The van der Waals surface area contributed by atoms with E-state index in [9.17, 15) is 8.42 Å². The van der Waals surface area contributed by atoms with Crippen molar-refractivity contribution < 1.29 is 13.5 Å². The number of nitrogens with one attached hydrogen (secondary N) is 2. The van der Waals surface area contributed by atoms with Gasteiger partial charge in [-0.25, -0.2) is 18.1 Å². The second kappa shape index (κ2) is 5.79. The van der Waals surface area contributed by atoms with Crippen molar-refractivity contribution >= 4 is 10.0 Å². The van der Waals surface area contributed by atoms with Gasteiger partial charge in [0.2, 0.25) is 10.0 Å². The molecule has 0 fully saturated rings. The number of sulfonamides is 1. The molecule has 0 amide bonds. The van der Waals surface area contributed by atoms with E-state index in [1.165, 1.54) is 6.33 Å². The second-order valence-electron chi connectivity index (χ2n) is 2.97. The van der Waals surface area contributed by atoms with Crippen LogP contribution in [0.15, 0.2) is 6.33 Å². The van der Waals surface area contributed by atoms with Crippen LogP contribution in [0.3, 0.4) is 0 Å². The summed E-state index contributed by atoms with van der Waals surface area (Å²) < 4.78 is 24.9. The summed E-state index contributed by atoms with van der Waals surface area (Å²) in [5, 5.41) is 14.8. The molecule has 1 aromatic rings. The van der Waals surface area contributed by atoms with Crippen molar-refractivity contribution in [2.75, 3.05) is 18.9 Å². The minimum Gasteiger partial charge on any atom is -0.396 e. The third-order valence-corrected chi connectivity index (χ3v) is 3.19. The number of hydrogen-bond acceptors (Lipinski definition) is 5. The Balaban J connectivity index is 2.24. The molecule has 0 spiro atoms. The first-order chi connectivity index (χ1) is 7.14. The molecule has 1 heterocycles. The number of H-pyrrole nitrogens is 1. The topological polar surface area (TPSA) is 108 Å². The number of aromatic nitrogens is 3. The number of hydrogen-bond donors (Lipinski definition) is 3. The van der Waals surface area contributed by atoms with E-state index in [2.05, 4.69) is 19.9 Å². The van der Waals surface area contributed by atoms with Gasteiger partial charge in [-0.05, 0) is 6.42 Å². The van der Waals surface area contributed by atoms with Crippen LogP contribution < -0.4 is 4.72 Å². The van der Waals surface area contributed by atoms with Gasteiger partial charge in [-0.15, -0.1) is 0 Å². The van der Waals surface area contributed by atoms with Crippen molar-refractivity contribution in [1.82, 2.24) is 19.9 Å². The number of aliphatic hydroxyl groups excluding tert-OH is 1. The van der Waals surface area contributed by atoms with Crippen LogP contribution in [0.2, 0.25) is 0 Å². The molecule has 0 aromatic carbocycles. The molecule has 0 radical (unpaired) electrons.